The van der Waals surface area contributed by atoms with Crippen molar-refractivity contribution >= 4 is 123 Å². The Morgan fingerprint density at radius 2 is 1.09 bits per heavy atom. The minimum atomic E-state index is -1.63. The van der Waals surface area contributed by atoms with Crippen LogP contribution >= 0.6 is 11.8 Å². The highest BCUT2D eigenvalue weighted by atomic mass is 32.2. The Kier molecular flexibility index (Phi) is 38.0. The van der Waals surface area contributed by atoms with E-state index < -0.39 is 144 Å². The molecule has 3 saturated heterocycles. The molecular weight excluding hydrogens is 1700 g/mol. The predicted octanol–water partition coefficient (Wildman–Crippen LogP) is 8.51. The number of rotatable bonds is 30. The van der Waals surface area contributed by atoms with Gasteiger partial charge >= 0.3 is 12.2 Å². The lowest BCUT2D eigenvalue weighted by Gasteiger charge is -2.33. The molecule has 9 atom stereocenters. The number of nitrogens with zero attached hydrogens (tertiary/aromatic N) is 5. The molecule has 13 rings (SSSR count). The van der Waals surface area contributed by atoms with E-state index in [4.69, 9.17) is 47.4 Å². The van der Waals surface area contributed by atoms with Gasteiger partial charge in [0, 0.05) is 134 Å². The molecule has 704 valence electrons. The van der Waals surface area contributed by atoms with Gasteiger partial charge in [-0.05, 0) is 106 Å². The molecule has 2 unspecified atom stereocenters. The standard InChI is InChI=1S/C93H121N11O25S/c1-56-41-65-53-103-74-48-79(77(122-8)46-68(74)89(115)101(65)51-56)126-33-16-34-127-80-49-75-69(47-78(80)123-9)90(116)102-52-57(2)42-73(102)60(5)104(75)93(119)129-55-62-22-26-64(27-23-62)95-87(113)70(18-13-11-12-17-66(105)29-35-124-39-37-120-6)99-86(112)59(4)44-76(107)72(97-83(109)28-32-100-84(110)50-81(130-10)91(100)117)45-67(106)43-58(3)85(111)98-71(19-14-15-31-94-82(108)30-36-125-40-38-121-7)88(114)96-63-24-20-61(21-25-63)54-128-92(103)118/h20-27,46-49,58-60,65,70-73,81H,1-2,11-19,28-45,50-55H2,3-10H3,(H,94,108)(H,95,113)(H,96,114)(H,97,109)(H,98,111)(H,99,112)/t58-,59-,60?,65+,70+,71+,72-,73+,81?/m1/s1. The first-order valence-corrected chi connectivity index (χ1v) is 45.4. The average Bonchev–Trinajstić information content (AvgIpc) is 1.59. The van der Waals surface area contributed by atoms with Crippen molar-refractivity contribution in [1.29, 1.82) is 0 Å². The van der Waals surface area contributed by atoms with Gasteiger partial charge in [0.05, 0.1) is 126 Å². The number of likely N-dealkylation sites (tertiary alicyclic amines) is 1. The van der Waals surface area contributed by atoms with Gasteiger partial charge in [-0.15, -0.1) is 0 Å². The van der Waals surface area contributed by atoms with Crippen LogP contribution in [0.25, 0.3) is 0 Å². The number of fused-ring (bicyclic) bond motifs is 2. The summed E-state index contributed by atoms with van der Waals surface area (Å²) in [7, 11) is 5.91. The highest BCUT2D eigenvalue weighted by Gasteiger charge is 2.47. The maximum Gasteiger partial charge on any atom is 0.414 e. The zero-order chi connectivity index (χ0) is 93.7. The fraction of sp³-hybridized carbons (Fsp3) is 0.538. The summed E-state index contributed by atoms with van der Waals surface area (Å²) in [4.78, 5) is 218. The van der Waals surface area contributed by atoms with Crippen LogP contribution in [0.1, 0.15) is 168 Å². The number of carbonyl (C=O) groups is 15. The number of Topliss-reactive ketones (excluding diaryl/α,β-unsaturated/α-hetero) is 3. The van der Waals surface area contributed by atoms with Crippen LogP contribution in [0.5, 0.6) is 23.0 Å². The third-order valence-corrected chi connectivity index (χ3v) is 24.4. The molecular formula is C93H121N11O25S. The number of ether oxygens (including phenoxy) is 10. The first-order valence-electron chi connectivity index (χ1n) is 44.1. The topological polar surface area (TPSA) is 437 Å². The molecule has 4 aromatic rings. The van der Waals surface area contributed by atoms with E-state index in [0.29, 0.717) is 82.5 Å². The number of unbranched alkanes of at least 4 members (excludes halogenated alkanes) is 3. The Balaban J connectivity index is 0.931. The van der Waals surface area contributed by atoms with Gasteiger partial charge in [-0.25, -0.2) is 9.59 Å². The van der Waals surface area contributed by atoms with E-state index >= 15 is 0 Å². The maximum absolute atomic E-state index is 14.9. The number of anilines is 4. The summed E-state index contributed by atoms with van der Waals surface area (Å²) in [5.74, 6) is -8.85. The molecule has 0 aliphatic carbocycles. The third-order valence-electron chi connectivity index (χ3n) is 23.5. The van der Waals surface area contributed by atoms with Crippen LogP contribution < -0.4 is 60.6 Å². The molecule has 0 saturated carbocycles. The summed E-state index contributed by atoms with van der Waals surface area (Å²) >= 11 is 1.18. The Morgan fingerprint density at radius 1 is 0.546 bits per heavy atom. The molecule has 6 N–H and O–H groups in total. The molecule has 130 heavy (non-hydrogen) atoms. The van der Waals surface area contributed by atoms with Gasteiger partial charge in [0.1, 0.15) is 36.9 Å². The Bertz CT molecular complexity index is 4780. The van der Waals surface area contributed by atoms with Gasteiger partial charge in [0.25, 0.3) is 11.8 Å². The smallest absolute Gasteiger partial charge is 0.414 e. The summed E-state index contributed by atoms with van der Waals surface area (Å²) in [6.07, 6.45) is 1.27. The number of carbonyl (C=O) groups excluding carboxylic acids is 15. The highest BCUT2D eigenvalue weighted by molar-refractivity contribution is 8.00. The zero-order valence-electron chi connectivity index (χ0n) is 75.2. The number of benzene rings is 4. The summed E-state index contributed by atoms with van der Waals surface area (Å²) < 4.78 is 57.4. The lowest BCUT2D eigenvalue weighted by Crippen LogP contribution is -2.49. The van der Waals surface area contributed by atoms with Crippen LogP contribution in [-0.2, 0) is 94.4 Å². The van der Waals surface area contributed by atoms with Crippen molar-refractivity contribution in [3.05, 3.63) is 119 Å². The molecule has 0 spiro atoms. The highest BCUT2D eigenvalue weighted by Crippen LogP contribution is 2.44. The van der Waals surface area contributed by atoms with Gasteiger partial charge in [-0.1, -0.05) is 75.3 Å². The van der Waals surface area contributed by atoms with Gasteiger partial charge < -0.3 is 89.1 Å². The first-order chi connectivity index (χ1) is 62.5. The van der Waals surface area contributed by atoms with Crippen LogP contribution in [0.4, 0.5) is 32.3 Å². The van der Waals surface area contributed by atoms with Crippen molar-refractivity contribution < 1.29 is 119 Å². The Hall–Kier alpha value is -11.8. The molecule has 12 amide bonds. The van der Waals surface area contributed by atoms with Crippen molar-refractivity contribution in [3.8, 4) is 23.0 Å². The average molecular weight is 1830 g/mol. The number of thioether (sulfide) groups is 1. The zero-order valence-corrected chi connectivity index (χ0v) is 76.0. The lowest BCUT2D eigenvalue weighted by atomic mass is 9.93. The van der Waals surface area contributed by atoms with E-state index in [1.807, 2.05) is 6.92 Å². The van der Waals surface area contributed by atoms with Gasteiger partial charge in [-0.2, -0.15) is 11.8 Å². The largest absolute Gasteiger partial charge is 0.493 e. The second kappa shape index (κ2) is 49.3. The number of amides is 12. The Labute approximate surface area is 760 Å². The predicted molar refractivity (Wildman–Crippen MR) is 479 cm³/mol. The van der Waals surface area contributed by atoms with Crippen molar-refractivity contribution in [3.63, 3.8) is 0 Å². The van der Waals surface area contributed by atoms with E-state index in [2.05, 4.69) is 45.1 Å². The van der Waals surface area contributed by atoms with Crippen molar-refractivity contribution in [2.75, 3.05) is 141 Å². The summed E-state index contributed by atoms with van der Waals surface area (Å²) in [5, 5.41) is 16.0. The molecule has 3 fully saturated rings. The van der Waals surface area contributed by atoms with Gasteiger partial charge in [0.15, 0.2) is 28.8 Å². The molecule has 4 aromatic carbocycles. The maximum atomic E-state index is 14.9. The minimum Gasteiger partial charge on any atom is -0.493 e. The molecule has 37 heteroatoms. The van der Waals surface area contributed by atoms with Crippen LogP contribution in [0.15, 0.2) is 97.1 Å². The number of methoxy groups -OCH3 is 4. The fourth-order valence-electron chi connectivity index (χ4n) is 16.2. The summed E-state index contributed by atoms with van der Waals surface area (Å²) in [5.41, 5.74) is 3.72. The van der Waals surface area contributed by atoms with Crippen LogP contribution in [0.2, 0.25) is 0 Å². The molecule has 0 aromatic heterocycles. The summed E-state index contributed by atoms with van der Waals surface area (Å²) in [6, 6.07) is 13.1. The molecule has 9 aliphatic rings. The normalized spacial score (nSPS) is 22.0. The fourth-order valence-corrected chi connectivity index (χ4v) is 16.8. The quantitative estimate of drug-likeness (QED) is 0.0162. The van der Waals surface area contributed by atoms with Crippen molar-refractivity contribution in [1.82, 2.24) is 36.0 Å². The van der Waals surface area contributed by atoms with Crippen molar-refractivity contribution in [2.24, 2.45) is 11.8 Å². The van der Waals surface area contributed by atoms with Gasteiger partial charge in [-0.3, -0.25) is 77.0 Å². The lowest BCUT2D eigenvalue weighted by molar-refractivity contribution is -0.139. The molecule has 36 nitrogen and oxygen atoms in total. The molecule has 0 radical (unpaired) electrons. The number of hydrogen-bond acceptors (Lipinski definition) is 26. The molecule has 9 aliphatic heterocycles. The van der Waals surface area contributed by atoms with E-state index in [1.165, 1.54) is 68.9 Å². The third kappa shape index (κ3) is 27.9. The van der Waals surface area contributed by atoms with E-state index in [9.17, 15) is 71.9 Å². The second-order valence-electron chi connectivity index (χ2n) is 33.2. The number of imide groups is 1. The minimum absolute atomic E-state index is 0.00142. The van der Waals surface area contributed by atoms with E-state index in [1.54, 1.807) is 83.8 Å². The van der Waals surface area contributed by atoms with E-state index in [0.717, 1.165) is 16.0 Å². The SMILES string of the molecule is C=C1C[C@H]2CN3C(=O)OCc4ccc(cc4)NC(=O)[C@H](CCCCNC(=O)CCOCCOC)NC(=O)[C@H](C)CC(=O)C[C@@H](NC(=O)CCN4C(=O)CC(SC)C4=O)C(=O)C[C@@H](C)C(=O)N[C@@H](CCCCCC(=O)CCOCCOC)C(=O)Nc4ccc(cc4)COC(=O)N4c5cc(c(OC)cc5C(=O)N5CC(=C)C[C@H]5C4C)OCCCOc4cc3c(cc4OC)C(=O)N2C1. The number of ketones is 3. The van der Waals surface area contributed by atoms with Crippen LogP contribution in [0.3, 0.4) is 0 Å². The Morgan fingerprint density at radius 3 is 1.68 bits per heavy atom. The first kappa shape index (κ1) is 100. The van der Waals surface area contributed by atoms with Crippen LogP contribution in [-0.4, -0.2) is 265 Å². The number of hydrogen-bond donors (Lipinski definition) is 6. The molecule has 8 bridgehead atoms. The summed E-state index contributed by atoms with van der Waals surface area (Å²) in [6.45, 7) is 14.6. The van der Waals surface area contributed by atoms with Crippen molar-refractivity contribution in [2.45, 2.75) is 191 Å². The number of nitrogens with one attached hydrogen (secondary N) is 6. The van der Waals surface area contributed by atoms with Crippen LogP contribution in [0, 0.1) is 11.8 Å². The monoisotopic (exact) mass is 1820 g/mol. The molecule has 9 heterocycles. The van der Waals surface area contributed by atoms with Gasteiger partial charge in [0.2, 0.25) is 47.3 Å². The van der Waals surface area contributed by atoms with E-state index in [-0.39, 0.29) is 198 Å². The second-order valence-corrected chi connectivity index (χ2v) is 34.2.